The first kappa shape index (κ1) is 49.5. The molecule has 4 rings (SSSR count). The van der Waals surface area contributed by atoms with Crippen molar-refractivity contribution in [2.24, 2.45) is 5.41 Å². The van der Waals surface area contributed by atoms with Gasteiger partial charge in [0.15, 0.2) is 16.6 Å². The summed E-state index contributed by atoms with van der Waals surface area (Å²) in [5.74, 6) is -0.222. The third-order valence-electron chi connectivity index (χ3n) is 13.2. The van der Waals surface area contributed by atoms with E-state index in [1.54, 1.807) is 0 Å². The first-order chi connectivity index (χ1) is 27.1. The van der Waals surface area contributed by atoms with Crippen LogP contribution in [0.3, 0.4) is 0 Å². The summed E-state index contributed by atoms with van der Waals surface area (Å²) < 4.78 is 41.6. The van der Waals surface area contributed by atoms with Crippen LogP contribution in [0.2, 0.25) is 41.3 Å². The second-order valence-corrected chi connectivity index (χ2v) is 35.9. The number of rotatable bonds is 16. The lowest BCUT2D eigenvalue weighted by Gasteiger charge is -2.47. The van der Waals surface area contributed by atoms with Crippen molar-refractivity contribution in [2.45, 2.75) is 187 Å². The van der Waals surface area contributed by atoms with Crippen molar-refractivity contribution in [3.8, 4) is 0 Å². The molecule has 0 bridgehead atoms. The molecule has 1 saturated heterocycles. The van der Waals surface area contributed by atoms with Crippen molar-refractivity contribution in [3.63, 3.8) is 0 Å². The van der Waals surface area contributed by atoms with Gasteiger partial charge in [-0.3, -0.25) is 4.79 Å². The van der Waals surface area contributed by atoms with Gasteiger partial charge in [0, 0.05) is 6.61 Å². The first-order valence-corrected chi connectivity index (χ1v) is 29.8. The Hall–Kier alpha value is -2.16. The average molecular weight is 865 g/mol. The summed E-state index contributed by atoms with van der Waals surface area (Å²) in [6, 6.07) is 21.7. The molecule has 0 unspecified atom stereocenters. The number of carbonyl (C=O) groups is 1. The van der Waals surface area contributed by atoms with Gasteiger partial charge in [-0.25, -0.2) is 0 Å². The summed E-state index contributed by atoms with van der Waals surface area (Å²) in [5, 5.41) is 2.31. The number of hydrogen-bond donors (Lipinski definition) is 0. The summed E-state index contributed by atoms with van der Waals surface area (Å²) in [4.78, 5) is 12.5. The summed E-state index contributed by atoms with van der Waals surface area (Å²) >= 11 is 0. The summed E-state index contributed by atoms with van der Waals surface area (Å²) in [5.41, 5.74) is 0.372. The second kappa shape index (κ2) is 19.1. The largest absolute Gasteiger partial charge is 0.463 e. The fraction of sp³-hybridized carbons (Fsp3) is 0.653. The highest BCUT2D eigenvalue weighted by atomic mass is 28.4. The molecule has 330 valence electrons. The maximum atomic E-state index is 12.5. The molecule has 0 radical (unpaired) electrons. The van der Waals surface area contributed by atoms with E-state index in [9.17, 15) is 4.79 Å². The Labute approximate surface area is 362 Å². The minimum absolute atomic E-state index is 0.0235. The van der Waals surface area contributed by atoms with Gasteiger partial charge < -0.3 is 27.5 Å². The first-order valence-electron chi connectivity index (χ1n) is 22.0. The number of benzene rings is 2. The van der Waals surface area contributed by atoms with Gasteiger partial charge in [0.1, 0.15) is 12.7 Å². The lowest BCUT2D eigenvalue weighted by Crippen LogP contribution is -2.66. The SMILES string of the molecule is C=C([C@@H]1CC[C@@H]([C@H]2C=CC[C@@H](COC(=O)C(C)(C)C)O2)O1)[C@@H](O[Si](C)(C)C(C)(C)C)[C@@H](CCO[Si](c1ccccc1)(c1ccccc1)C(C)(C)C)O[Si](C)(C)C(C)(C)C. The second-order valence-electron chi connectivity index (χ2n) is 22.1. The summed E-state index contributed by atoms with van der Waals surface area (Å²) in [6.07, 6.45) is 5.68. The standard InChI is InChI=1S/C49H80O7Si3/c1-36(40-31-32-42(54-40)41-30-24-25-37(53-41)35-51-45(50)46(2,3)4)44(56-58(16,17)48(8,9)10)43(55-57(14,15)47(5,6)7)33-34-52-59(49(11,12)13,38-26-20-18-21-27-38)39-28-22-19-23-29-39/h18-24,26-30,37,40-44H,1,25,31-35H2,2-17H3/t37-,40-,41+,42-,43+,44+/m0/s1. The van der Waals surface area contributed by atoms with Crippen LogP contribution in [0.1, 0.15) is 109 Å². The normalized spacial score (nSPS) is 22.2. The van der Waals surface area contributed by atoms with Crippen molar-refractivity contribution in [3.05, 3.63) is 85.0 Å². The molecule has 0 saturated carbocycles. The molecule has 7 nitrogen and oxygen atoms in total. The van der Waals surface area contributed by atoms with Crippen LogP contribution in [0.4, 0.5) is 0 Å². The molecule has 10 heteroatoms. The van der Waals surface area contributed by atoms with E-state index in [0.29, 0.717) is 19.4 Å². The molecule has 2 aliphatic rings. The zero-order chi connectivity index (χ0) is 44.2. The smallest absolute Gasteiger partial charge is 0.311 e. The zero-order valence-corrected chi connectivity index (χ0v) is 42.7. The van der Waals surface area contributed by atoms with E-state index in [-0.39, 0.29) is 58.2 Å². The fourth-order valence-corrected chi connectivity index (χ4v) is 14.8. The minimum atomic E-state index is -2.80. The van der Waals surface area contributed by atoms with Crippen LogP contribution >= 0.6 is 0 Å². The van der Waals surface area contributed by atoms with Crippen molar-refractivity contribution in [2.75, 3.05) is 13.2 Å². The van der Waals surface area contributed by atoms with Crippen LogP contribution < -0.4 is 10.4 Å². The molecule has 0 aliphatic carbocycles. The predicted octanol–water partition coefficient (Wildman–Crippen LogP) is 11.1. The maximum absolute atomic E-state index is 12.5. The molecule has 2 aliphatic heterocycles. The topological polar surface area (TPSA) is 72.5 Å². The summed E-state index contributed by atoms with van der Waals surface area (Å²) in [7, 11) is -7.49. The van der Waals surface area contributed by atoms with E-state index in [2.05, 4.69) is 161 Å². The van der Waals surface area contributed by atoms with Gasteiger partial charge in [-0.1, -0.05) is 142 Å². The quantitative estimate of drug-likeness (QED) is 0.0945. The van der Waals surface area contributed by atoms with Gasteiger partial charge in [-0.05, 0) is 104 Å². The predicted molar refractivity (Wildman–Crippen MR) is 252 cm³/mol. The van der Waals surface area contributed by atoms with Crippen LogP contribution in [0.15, 0.2) is 85.0 Å². The monoisotopic (exact) mass is 865 g/mol. The summed E-state index contributed by atoms with van der Waals surface area (Å²) in [6.45, 7) is 41.2. The third-order valence-corrected chi connectivity index (χ3v) is 27.2. The Morgan fingerprint density at radius 1 is 0.746 bits per heavy atom. The van der Waals surface area contributed by atoms with Gasteiger partial charge in [-0.2, -0.15) is 0 Å². The molecular formula is C49H80O7Si3. The van der Waals surface area contributed by atoms with Crippen LogP contribution in [-0.2, 0) is 32.3 Å². The van der Waals surface area contributed by atoms with Gasteiger partial charge in [-0.15, -0.1) is 0 Å². The van der Waals surface area contributed by atoms with Gasteiger partial charge in [0.05, 0.1) is 35.9 Å². The highest BCUT2D eigenvalue weighted by molar-refractivity contribution is 6.99. The van der Waals surface area contributed by atoms with Crippen LogP contribution in [0.25, 0.3) is 0 Å². The molecule has 1 fully saturated rings. The molecule has 0 N–H and O–H groups in total. The maximum Gasteiger partial charge on any atom is 0.311 e. The average Bonchev–Trinajstić information content (AvgIpc) is 3.64. The van der Waals surface area contributed by atoms with E-state index in [0.717, 1.165) is 18.4 Å². The molecule has 59 heavy (non-hydrogen) atoms. The molecule has 0 spiro atoms. The van der Waals surface area contributed by atoms with Gasteiger partial charge in [0.25, 0.3) is 8.32 Å². The molecular weight excluding hydrogens is 785 g/mol. The Morgan fingerprint density at radius 3 is 1.76 bits per heavy atom. The fourth-order valence-electron chi connectivity index (χ4n) is 7.55. The Bertz CT molecular complexity index is 1660. The van der Waals surface area contributed by atoms with E-state index in [1.807, 2.05) is 20.8 Å². The van der Waals surface area contributed by atoms with Crippen molar-refractivity contribution in [1.82, 2.24) is 0 Å². The van der Waals surface area contributed by atoms with Crippen LogP contribution in [-0.4, -0.2) is 80.8 Å². The van der Waals surface area contributed by atoms with E-state index < -0.39 is 36.5 Å². The van der Waals surface area contributed by atoms with Gasteiger partial charge in [0.2, 0.25) is 0 Å². The molecule has 0 amide bonds. The van der Waals surface area contributed by atoms with E-state index in [4.69, 9.17) is 34.1 Å². The Morgan fingerprint density at radius 2 is 1.27 bits per heavy atom. The molecule has 0 aromatic heterocycles. The number of hydrogen-bond acceptors (Lipinski definition) is 7. The lowest BCUT2D eigenvalue weighted by atomic mass is 9.97. The molecule has 2 heterocycles. The lowest BCUT2D eigenvalue weighted by molar-refractivity contribution is -0.160. The highest BCUT2D eigenvalue weighted by Gasteiger charge is 2.51. The van der Waals surface area contributed by atoms with Crippen molar-refractivity contribution < 1.29 is 32.3 Å². The van der Waals surface area contributed by atoms with Crippen molar-refractivity contribution in [1.29, 1.82) is 0 Å². The Balaban J connectivity index is 1.68. The van der Waals surface area contributed by atoms with Gasteiger partial charge >= 0.3 is 5.97 Å². The zero-order valence-electron chi connectivity index (χ0n) is 39.7. The minimum Gasteiger partial charge on any atom is -0.463 e. The van der Waals surface area contributed by atoms with E-state index >= 15 is 0 Å². The van der Waals surface area contributed by atoms with Crippen LogP contribution in [0, 0.1) is 5.41 Å². The Kier molecular flexibility index (Phi) is 16.0. The van der Waals surface area contributed by atoms with Crippen LogP contribution in [0.5, 0.6) is 0 Å². The number of carbonyl (C=O) groups excluding carboxylic acids is 1. The number of esters is 1. The molecule has 6 atom stereocenters. The highest BCUT2D eigenvalue weighted by Crippen LogP contribution is 2.44. The van der Waals surface area contributed by atoms with E-state index in [1.165, 1.54) is 10.4 Å². The van der Waals surface area contributed by atoms with Crippen molar-refractivity contribution >= 4 is 41.3 Å². The molecule has 2 aromatic carbocycles. The third kappa shape index (κ3) is 12.1. The molecule has 2 aromatic rings. The number of ether oxygens (including phenoxy) is 3.